The largest absolute Gasteiger partial charge is 0.481 e. The molecule has 1 atom stereocenters. The molecule has 8 nitrogen and oxygen atoms in total. The summed E-state index contributed by atoms with van der Waals surface area (Å²) in [7, 11) is 0. The van der Waals surface area contributed by atoms with Crippen LogP contribution in [0, 0.1) is 27.4 Å². The van der Waals surface area contributed by atoms with Gasteiger partial charge in [0.1, 0.15) is 23.6 Å². The highest BCUT2D eigenvalue weighted by molar-refractivity contribution is 5.67. The predicted octanol–water partition coefficient (Wildman–Crippen LogP) is 1.16. The Morgan fingerprint density at radius 3 is 3.05 bits per heavy atom. The van der Waals surface area contributed by atoms with Crippen molar-refractivity contribution < 1.29 is 14.8 Å². The minimum absolute atomic E-state index is 0.0102. The summed E-state index contributed by atoms with van der Waals surface area (Å²) in [6.45, 7) is 1.09. The van der Waals surface area contributed by atoms with Crippen LogP contribution in [0.4, 0.5) is 11.5 Å². The monoisotopic (exact) mass is 276 g/mol. The lowest BCUT2D eigenvalue weighted by Gasteiger charge is -2.18. The van der Waals surface area contributed by atoms with Crippen LogP contribution >= 0.6 is 0 Å². The van der Waals surface area contributed by atoms with Crippen LogP contribution in [0.2, 0.25) is 0 Å². The molecule has 104 valence electrons. The van der Waals surface area contributed by atoms with E-state index in [0.717, 1.165) is 6.20 Å². The number of hydrogen-bond acceptors (Lipinski definition) is 6. The average Bonchev–Trinajstić information content (AvgIpc) is 2.85. The fourth-order valence-electron chi connectivity index (χ4n) is 2.32. The molecule has 1 aliphatic heterocycles. The lowest BCUT2D eigenvalue weighted by atomic mass is 10.1. The van der Waals surface area contributed by atoms with Gasteiger partial charge in [-0.25, -0.2) is 4.98 Å². The minimum atomic E-state index is -0.853. The molecule has 1 fully saturated rings. The maximum atomic E-state index is 10.7. The first kappa shape index (κ1) is 13.7. The van der Waals surface area contributed by atoms with Gasteiger partial charge in [-0.1, -0.05) is 0 Å². The Bertz CT molecular complexity index is 596. The van der Waals surface area contributed by atoms with Gasteiger partial charge in [-0.3, -0.25) is 14.9 Å². The third-order valence-corrected chi connectivity index (χ3v) is 3.23. The van der Waals surface area contributed by atoms with Gasteiger partial charge in [-0.2, -0.15) is 5.26 Å². The normalized spacial score (nSPS) is 17.8. The quantitative estimate of drug-likeness (QED) is 0.647. The molecule has 1 N–H and O–H groups in total. The van der Waals surface area contributed by atoms with E-state index in [-0.39, 0.29) is 23.6 Å². The van der Waals surface area contributed by atoms with Crippen LogP contribution in [0.3, 0.4) is 0 Å². The number of carboxylic acids is 1. The van der Waals surface area contributed by atoms with Crippen LogP contribution in [-0.4, -0.2) is 34.1 Å². The number of carboxylic acid groups (broad SMARTS) is 1. The number of aliphatic carboxylic acids is 1. The fraction of sp³-hybridized carbons (Fsp3) is 0.417. The summed E-state index contributed by atoms with van der Waals surface area (Å²) in [4.78, 5) is 26.5. The molecule has 0 saturated carbocycles. The maximum absolute atomic E-state index is 10.7. The molecule has 0 radical (unpaired) electrons. The molecule has 20 heavy (non-hydrogen) atoms. The van der Waals surface area contributed by atoms with E-state index < -0.39 is 10.9 Å². The molecule has 8 heteroatoms. The summed E-state index contributed by atoms with van der Waals surface area (Å²) in [5, 5.41) is 28.5. The first-order valence-electron chi connectivity index (χ1n) is 6.02. The molecule has 2 heterocycles. The van der Waals surface area contributed by atoms with Crippen LogP contribution < -0.4 is 4.90 Å². The molecule has 0 aromatic carbocycles. The van der Waals surface area contributed by atoms with Crippen molar-refractivity contribution in [1.82, 2.24) is 4.98 Å². The van der Waals surface area contributed by atoms with Gasteiger partial charge in [0.25, 0.3) is 5.69 Å². The molecule has 1 saturated heterocycles. The van der Waals surface area contributed by atoms with E-state index in [0.29, 0.717) is 25.3 Å². The van der Waals surface area contributed by atoms with Crippen LogP contribution in [0.5, 0.6) is 0 Å². The van der Waals surface area contributed by atoms with Gasteiger partial charge in [0.15, 0.2) is 0 Å². The Morgan fingerprint density at radius 1 is 1.70 bits per heavy atom. The first-order valence-corrected chi connectivity index (χ1v) is 6.02. The second kappa shape index (κ2) is 5.52. The molecule has 2 rings (SSSR count). The maximum Gasteiger partial charge on any atom is 0.303 e. The summed E-state index contributed by atoms with van der Waals surface area (Å²) >= 11 is 0. The van der Waals surface area contributed by atoms with E-state index in [2.05, 4.69) is 4.98 Å². The third-order valence-electron chi connectivity index (χ3n) is 3.23. The van der Waals surface area contributed by atoms with Crippen LogP contribution in [0.1, 0.15) is 18.4 Å². The van der Waals surface area contributed by atoms with Crippen molar-refractivity contribution >= 4 is 17.5 Å². The molecule has 1 aromatic rings. The SMILES string of the molecule is N#Cc1cc([N+](=O)[O-])cnc1N1CCC(CC(=O)O)C1. The van der Waals surface area contributed by atoms with Crippen molar-refractivity contribution in [2.45, 2.75) is 12.8 Å². The van der Waals surface area contributed by atoms with E-state index in [9.17, 15) is 14.9 Å². The Kier molecular flexibility index (Phi) is 3.79. The highest BCUT2D eigenvalue weighted by Crippen LogP contribution is 2.28. The number of aromatic nitrogens is 1. The summed E-state index contributed by atoms with van der Waals surface area (Å²) < 4.78 is 0. The summed E-state index contributed by atoms with van der Waals surface area (Å²) in [5.74, 6) is -0.462. The number of rotatable bonds is 4. The van der Waals surface area contributed by atoms with Gasteiger partial charge in [0.2, 0.25) is 0 Å². The predicted molar refractivity (Wildman–Crippen MR) is 68.2 cm³/mol. The van der Waals surface area contributed by atoms with E-state index in [1.54, 1.807) is 4.90 Å². The molecule has 0 bridgehead atoms. The highest BCUT2D eigenvalue weighted by atomic mass is 16.6. The van der Waals surface area contributed by atoms with Crippen molar-refractivity contribution in [2.24, 2.45) is 5.92 Å². The molecule has 1 unspecified atom stereocenters. The van der Waals surface area contributed by atoms with Crippen molar-refractivity contribution in [3.8, 4) is 6.07 Å². The third kappa shape index (κ3) is 2.83. The zero-order valence-electron chi connectivity index (χ0n) is 10.5. The second-order valence-electron chi connectivity index (χ2n) is 4.63. The van der Waals surface area contributed by atoms with Gasteiger partial charge in [-0.15, -0.1) is 0 Å². The van der Waals surface area contributed by atoms with Crippen molar-refractivity contribution in [1.29, 1.82) is 5.26 Å². The van der Waals surface area contributed by atoms with Gasteiger partial charge in [-0.05, 0) is 12.3 Å². The summed E-state index contributed by atoms with van der Waals surface area (Å²) in [6.07, 6.45) is 1.89. The molecule has 0 amide bonds. The smallest absolute Gasteiger partial charge is 0.303 e. The number of hydrogen-bond donors (Lipinski definition) is 1. The van der Waals surface area contributed by atoms with Crippen LogP contribution in [-0.2, 0) is 4.79 Å². The Hall–Kier alpha value is -2.69. The summed E-state index contributed by atoms with van der Waals surface area (Å²) in [6, 6.07) is 3.09. The second-order valence-corrected chi connectivity index (χ2v) is 4.63. The van der Waals surface area contributed by atoms with Gasteiger partial charge in [0, 0.05) is 25.6 Å². The van der Waals surface area contributed by atoms with E-state index in [4.69, 9.17) is 10.4 Å². The van der Waals surface area contributed by atoms with Gasteiger partial charge in [0.05, 0.1) is 4.92 Å². The molecule has 0 aliphatic carbocycles. The number of nitriles is 1. The van der Waals surface area contributed by atoms with Crippen LogP contribution in [0.25, 0.3) is 0 Å². The topological polar surface area (TPSA) is 120 Å². The first-order chi connectivity index (χ1) is 9.51. The molecule has 1 aromatic heterocycles. The standard InChI is InChI=1S/C12H12N4O4/c13-5-9-4-10(16(19)20)6-14-12(9)15-2-1-8(7-15)3-11(17)18/h4,6,8H,1-3,7H2,(H,17,18). The Balaban J connectivity index is 2.20. The molecule has 1 aliphatic rings. The number of pyridine rings is 1. The zero-order valence-corrected chi connectivity index (χ0v) is 10.5. The fourth-order valence-corrected chi connectivity index (χ4v) is 2.32. The van der Waals surface area contributed by atoms with Crippen LogP contribution in [0.15, 0.2) is 12.3 Å². The molecular weight excluding hydrogens is 264 g/mol. The van der Waals surface area contributed by atoms with Gasteiger partial charge < -0.3 is 10.0 Å². The van der Waals surface area contributed by atoms with E-state index >= 15 is 0 Å². The van der Waals surface area contributed by atoms with E-state index in [1.807, 2.05) is 6.07 Å². The average molecular weight is 276 g/mol. The highest BCUT2D eigenvalue weighted by Gasteiger charge is 2.27. The van der Waals surface area contributed by atoms with E-state index in [1.165, 1.54) is 6.07 Å². The zero-order chi connectivity index (χ0) is 14.7. The lowest BCUT2D eigenvalue weighted by Crippen LogP contribution is -2.22. The summed E-state index contributed by atoms with van der Waals surface area (Å²) in [5.41, 5.74) is -0.0956. The van der Waals surface area contributed by atoms with Crippen molar-refractivity contribution in [2.75, 3.05) is 18.0 Å². The lowest BCUT2D eigenvalue weighted by molar-refractivity contribution is -0.385. The Morgan fingerprint density at radius 2 is 2.45 bits per heavy atom. The number of anilines is 1. The Labute approximate surface area is 114 Å². The minimum Gasteiger partial charge on any atom is -0.481 e. The van der Waals surface area contributed by atoms with Gasteiger partial charge >= 0.3 is 5.97 Å². The number of nitro groups is 1. The molecular formula is C12H12N4O4. The number of carbonyl (C=O) groups is 1. The molecule has 0 spiro atoms. The van der Waals surface area contributed by atoms with Crippen molar-refractivity contribution in [3.63, 3.8) is 0 Å². The van der Waals surface area contributed by atoms with Crippen molar-refractivity contribution in [3.05, 3.63) is 27.9 Å². The number of nitrogens with zero attached hydrogens (tertiary/aromatic N) is 4.